The minimum atomic E-state index is -1.00. The molecule has 3 atom stereocenters. The van der Waals surface area contributed by atoms with Crippen molar-refractivity contribution in [2.24, 2.45) is 5.92 Å². The summed E-state index contributed by atoms with van der Waals surface area (Å²) in [6, 6.07) is 8.86. The Morgan fingerprint density at radius 3 is 2.58 bits per heavy atom. The molecule has 0 saturated carbocycles. The molecule has 0 fully saturated rings. The summed E-state index contributed by atoms with van der Waals surface area (Å²) in [5, 5.41) is 9.12. The number of carboxylic acids is 1. The number of aliphatic carboxylic acids is 1. The molecule has 0 aliphatic carbocycles. The fourth-order valence-electron chi connectivity index (χ4n) is 3.04. The van der Waals surface area contributed by atoms with Gasteiger partial charge in [0.25, 0.3) is 0 Å². The maximum Gasteiger partial charge on any atom is 0.306 e. The van der Waals surface area contributed by atoms with Gasteiger partial charge in [0.05, 0.1) is 18.4 Å². The van der Waals surface area contributed by atoms with Gasteiger partial charge in [0, 0.05) is 13.5 Å². The summed E-state index contributed by atoms with van der Waals surface area (Å²) >= 11 is 0. The van der Waals surface area contributed by atoms with E-state index < -0.39 is 24.0 Å². The Morgan fingerprint density at radius 1 is 1.23 bits per heavy atom. The Bertz CT molecular complexity index is 670. The molecule has 0 radical (unpaired) electrons. The topological polar surface area (TPSA) is 83.9 Å². The van der Waals surface area contributed by atoms with Crippen LogP contribution in [0, 0.1) is 5.92 Å². The third-order valence-electron chi connectivity index (χ3n) is 4.66. The Kier molecular flexibility index (Phi) is 6.95. The van der Waals surface area contributed by atoms with Crippen molar-refractivity contribution in [2.45, 2.75) is 44.8 Å². The van der Waals surface area contributed by atoms with Crippen molar-refractivity contribution in [3.8, 4) is 0 Å². The summed E-state index contributed by atoms with van der Waals surface area (Å²) < 4.78 is 5.67. The second-order valence-corrected chi connectivity index (χ2v) is 6.55. The normalized spacial score (nSPS) is 26.4. The first-order chi connectivity index (χ1) is 12.4. The zero-order valence-electron chi connectivity index (χ0n) is 15.1. The van der Waals surface area contributed by atoms with E-state index in [-0.39, 0.29) is 24.7 Å². The van der Waals surface area contributed by atoms with Gasteiger partial charge in [-0.15, -0.1) is 0 Å². The maximum atomic E-state index is 12.9. The number of cyclic esters (lactones) is 1. The zero-order chi connectivity index (χ0) is 19.1. The SMILES string of the molecule is C[C@H]1[C@@H](c2ccccc2)OC(=O)CC/C=C/C[C@@H](CC(=O)O)C(=O)N1C. The minimum absolute atomic E-state index is 0.226. The van der Waals surface area contributed by atoms with Crippen molar-refractivity contribution in [1.29, 1.82) is 0 Å². The standard InChI is InChI=1S/C20H25NO5/c1-14-19(15-9-5-3-6-10-15)26-18(24)12-8-4-7-11-16(13-17(22)23)20(25)21(14)2/h3-7,9-10,14,16,19H,8,11-13H2,1-2H3,(H,22,23)/b7-4+/t14-,16-,19-/m0/s1. The third-order valence-corrected chi connectivity index (χ3v) is 4.66. The summed E-state index contributed by atoms with van der Waals surface area (Å²) in [6.45, 7) is 1.81. The number of carbonyl (C=O) groups is 3. The van der Waals surface area contributed by atoms with Crippen molar-refractivity contribution in [3.63, 3.8) is 0 Å². The van der Waals surface area contributed by atoms with Crippen LogP contribution in [0.5, 0.6) is 0 Å². The van der Waals surface area contributed by atoms with Crippen LogP contribution in [-0.2, 0) is 19.1 Å². The molecular weight excluding hydrogens is 334 g/mol. The van der Waals surface area contributed by atoms with Gasteiger partial charge >= 0.3 is 11.9 Å². The van der Waals surface area contributed by atoms with Gasteiger partial charge in [-0.1, -0.05) is 42.5 Å². The average molecular weight is 359 g/mol. The lowest BCUT2D eigenvalue weighted by atomic mass is 9.96. The summed E-state index contributed by atoms with van der Waals surface area (Å²) in [5.74, 6) is -2.22. The fourth-order valence-corrected chi connectivity index (χ4v) is 3.04. The van der Waals surface area contributed by atoms with E-state index in [0.717, 1.165) is 5.56 Å². The molecule has 140 valence electrons. The summed E-state index contributed by atoms with van der Waals surface area (Å²) in [6.07, 6.45) is 3.82. The van der Waals surface area contributed by atoms with Crippen molar-refractivity contribution in [1.82, 2.24) is 4.90 Å². The predicted octanol–water partition coefficient (Wildman–Crippen LogP) is 2.95. The van der Waals surface area contributed by atoms with Crippen LogP contribution in [0.15, 0.2) is 42.5 Å². The molecule has 1 amide bonds. The highest BCUT2D eigenvalue weighted by Gasteiger charge is 2.32. The Labute approximate surface area is 153 Å². The smallest absolute Gasteiger partial charge is 0.306 e. The molecule has 1 N–H and O–H groups in total. The molecule has 0 bridgehead atoms. The molecule has 0 spiro atoms. The molecule has 0 saturated heterocycles. The van der Waals surface area contributed by atoms with E-state index in [2.05, 4.69) is 0 Å². The van der Waals surface area contributed by atoms with Crippen LogP contribution in [-0.4, -0.2) is 40.9 Å². The van der Waals surface area contributed by atoms with Gasteiger partial charge in [-0.25, -0.2) is 0 Å². The molecule has 1 aliphatic heterocycles. The van der Waals surface area contributed by atoms with Crippen molar-refractivity contribution in [2.75, 3.05) is 7.05 Å². The quantitative estimate of drug-likeness (QED) is 0.663. The molecule has 0 aromatic heterocycles. The van der Waals surface area contributed by atoms with Gasteiger partial charge in [0.2, 0.25) is 5.91 Å². The highest BCUT2D eigenvalue weighted by Crippen LogP contribution is 2.27. The molecule has 26 heavy (non-hydrogen) atoms. The molecular formula is C20H25NO5. The van der Waals surface area contributed by atoms with Crippen molar-refractivity contribution < 1.29 is 24.2 Å². The summed E-state index contributed by atoms with van der Waals surface area (Å²) in [7, 11) is 1.63. The lowest BCUT2D eigenvalue weighted by Gasteiger charge is -2.34. The number of amides is 1. The number of carboxylic acid groups (broad SMARTS) is 1. The van der Waals surface area contributed by atoms with Gasteiger partial charge < -0.3 is 14.7 Å². The van der Waals surface area contributed by atoms with Crippen molar-refractivity contribution >= 4 is 17.8 Å². The number of rotatable bonds is 3. The summed E-state index contributed by atoms with van der Waals surface area (Å²) in [5.41, 5.74) is 0.801. The molecule has 1 heterocycles. The van der Waals surface area contributed by atoms with Gasteiger partial charge in [-0.05, 0) is 25.3 Å². The lowest BCUT2D eigenvalue weighted by molar-refractivity contribution is -0.156. The number of nitrogens with zero attached hydrogens (tertiary/aromatic N) is 1. The van der Waals surface area contributed by atoms with Crippen LogP contribution in [0.2, 0.25) is 0 Å². The number of carbonyl (C=O) groups excluding carboxylic acids is 2. The monoisotopic (exact) mass is 359 g/mol. The Hall–Kier alpha value is -2.63. The van der Waals surface area contributed by atoms with Gasteiger partial charge in [-0.3, -0.25) is 14.4 Å². The van der Waals surface area contributed by atoms with E-state index in [0.29, 0.717) is 12.8 Å². The van der Waals surface area contributed by atoms with Crippen LogP contribution in [0.25, 0.3) is 0 Å². The summed E-state index contributed by atoms with van der Waals surface area (Å²) in [4.78, 5) is 37.7. The average Bonchev–Trinajstić information content (AvgIpc) is 2.62. The largest absolute Gasteiger partial charge is 0.481 e. The van der Waals surface area contributed by atoms with Crippen LogP contribution >= 0.6 is 0 Å². The van der Waals surface area contributed by atoms with E-state index in [4.69, 9.17) is 9.84 Å². The molecule has 1 aliphatic rings. The number of benzene rings is 1. The second kappa shape index (κ2) is 9.17. The van der Waals surface area contributed by atoms with Gasteiger partial charge in [0.15, 0.2) is 0 Å². The molecule has 6 nitrogen and oxygen atoms in total. The fraction of sp³-hybridized carbons (Fsp3) is 0.450. The molecule has 6 heteroatoms. The van der Waals surface area contributed by atoms with Crippen LogP contribution in [0.3, 0.4) is 0 Å². The number of esters is 1. The van der Waals surface area contributed by atoms with Crippen molar-refractivity contribution in [3.05, 3.63) is 48.0 Å². The van der Waals surface area contributed by atoms with Crippen LogP contribution < -0.4 is 0 Å². The zero-order valence-corrected chi connectivity index (χ0v) is 15.1. The number of ether oxygens (including phenoxy) is 1. The lowest BCUT2D eigenvalue weighted by Crippen LogP contribution is -2.43. The van der Waals surface area contributed by atoms with E-state index >= 15 is 0 Å². The molecule has 1 aromatic carbocycles. The first kappa shape index (κ1) is 19.7. The Balaban J connectivity index is 2.34. The highest BCUT2D eigenvalue weighted by atomic mass is 16.5. The number of allylic oxidation sites excluding steroid dienone is 2. The third kappa shape index (κ3) is 5.18. The second-order valence-electron chi connectivity index (χ2n) is 6.55. The van der Waals surface area contributed by atoms with Gasteiger partial charge in [0.1, 0.15) is 6.10 Å². The highest BCUT2D eigenvalue weighted by molar-refractivity contribution is 5.83. The predicted molar refractivity (Wildman–Crippen MR) is 96.2 cm³/mol. The Morgan fingerprint density at radius 2 is 1.92 bits per heavy atom. The van der Waals surface area contributed by atoms with Crippen LogP contribution in [0.1, 0.15) is 44.3 Å². The van der Waals surface area contributed by atoms with Crippen LogP contribution in [0.4, 0.5) is 0 Å². The molecule has 2 rings (SSSR count). The first-order valence-electron chi connectivity index (χ1n) is 8.78. The van der Waals surface area contributed by atoms with Gasteiger partial charge in [-0.2, -0.15) is 0 Å². The van der Waals surface area contributed by atoms with E-state index in [1.165, 1.54) is 4.90 Å². The number of likely N-dealkylation sites (N-methyl/N-ethyl adjacent to an activating group) is 1. The molecule has 0 unspecified atom stereocenters. The maximum absolute atomic E-state index is 12.9. The number of hydrogen-bond donors (Lipinski definition) is 1. The number of hydrogen-bond acceptors (Lipinski definition) is 4. The van der Waals surface area contributed by atoms with E-state index in [1.54, 1.807) is 19.2 Å². The molecule has 1 aromatic rings. The minimum Gasteiger partial charge on any atom is -0.481 e. The first-order valence-corrected chi connectivity index (χ1v) is 8.78. The van der Waals surface area contributed by atoms with E-state index in [1.807, 2.05) is 37.3 Å². The van der Waals surface area contributed by atoms with E-state index in [9.17, 15) is 14.4 Å².